The van der Waals surface area contributed by atoms with Crippen LogP contribution < -0.4 is 15.5 Å². The maximum Gasteiger partial charge on any atom is 0.274 e. The number of carbonyl (C=O) groups excluding carboxylic acids is 1. The molecule has 142 valence electrons. The minimum absolute atomic E-state index is 0.171. The summed E-state index contributed by atoms with van der Waals surface area (Å²) in [7, 11) is -3.22. The summed E-state index contributed by atoms with van der Waals surface area (Å²) in [5.74, 6) is -0.404. The second-order valence-corrected chi connectivity index (χ2v) is 7.85. The van der Waals surface area contributed by atoms with Gasteiger partial charge in [0.1, 0.15) is 0 Å². The molecular formula is C17H29N3O4S. The standard InChI is InChI=1S/C17H29N3O4S/c1-2-3-4-5-6-7-14-25(23,24)19-13-12-18-16-10-8-15(9-11-16)17(21)20-22/h8-11,18-19,22H,2-7,12-14H2,1H3,(H,20,21). The SMILES string of the molecule is CCCCCCCCS(=O)(=O)NCCNc1ccc(C(=O)NO)cc1. The van der Waals surface area contributed by atoms with Gasteiger partial charge in [-0.25, -0.2) is 18.6 Å². The van der Waals surface area contributed by atoms with E-state index in [1.54, 1.807) is 29.7 Å². The number of carbonyl (C=O) groups is 1. The molecule has 0 heterocycles. The molecular weight excluding hydrogens is 342 g/mol. The summed E-state index contributed by atoms with van der Waals surface area (Å²) in [6.45, 7) is 2.90. The highest BCUT2D eigenvalue weighted by atomic mass is 32.2. The van der Waals surface area contributed by atoms with Crippen LogP contribution in [0.15, 0.2) is 24.3 Å². The van der Waals surface area contributed by atoms with Gasteiger partial charge in [0.2, 0.25) is 10.0 Å². The van der Waals surface area contributed by atoms with Crippen molar-refractivity contribution >= 4 is 21.6 Å². The first-order valence-corrected chi connectivity index (χ1v) is 10.4. The monoisotopic (exact) mass is 371 g/mol. The molecule has 25 heavy (non-hydrogen) atoms. The van der Waals surface area contributed by atoms with Gasteiger partial charge in [0.15, 0.2) is 0 Å². The summed E-state index contributed by atoms with van der Waals surface area (Å²) in [6.07, 6.45) is 6.31. The van der Waals surface area contributed by atoms with Crippen LogP contribution >= 0.6 is 0 Å². The molecule has 0 saturated heterocycles. The average Bonchev–Trinajstić information content (AvgIpc) is 2.61. The van der Waals surface area contributed by atoms with Gasteiger partial charge in [-0.1, -0.05) is 39.0 Å². The molecule has 0 radical (unpaired) electrons. The Morgan fingerprint density at radius 3 is 2.28 bits per heavy atom. The van der Waals surface area contributed by atoms with Gasteiger partial charge >= 0.3 is 0 Å². The van der Waals surface area contributed by atoms with Gasteiger partial charge in [0.25, 0.3) is 5.91 Å². The second kappa shape index (κ2) is 11.8. The molecule has 0 aliphatic heterocycles. The molecule has 0 aliphatic carbocycles. The highest BCUT2D eigenvalue weighted by Gasteiger charge is 2.08. The van der Waals surface area contributed by atoms with E-state index in [1.807, 2.05) is 0 Å². The van der Waals surface area contributed by atoms with Gasteiger partial charge < -0.3 is 5.32 Å². The zero-order chi connectivity index (χ0) is 18.5. The molecule has 0 unspecified atom stereocenters. The summed E-state index contributed by atoms with van der Waals surface area (Å²) in [6, 6.07) is 6.51. The van der Waals surface area contributed by atoms with E-state index in [0.717, 1.165) is 18.5 Å². The lowest BCUT2D eigenvalue weighted by Crippen LogP contribution is -2.30. The summed E-state index contributed by atoms with van der Waals surface area (Å²) in [4.78, 5) is 11.2. The minimum atomic E-state index is -3.22. The molecule has 0 aromatic heterocycles. The van der Waals surface area contributed by atoms with Crippen LogP contribution in [-0.4, -0.2) is 38.4 Å². The maximum atomic E-state index is 11.9. The van der Waals surface area contributed by atoms with E-state index < -0.39 is 15.9 Å². The highest BCUT2D eigenvalue weighted by Crippen LogP contribution is 2.09. The van der Waals surface area contributed by atoms with E-state index in [9.17, 15) is 13.2 Å². The molecule has 0 atom stereocenters. The predicted molar refractivity (Wildman–Crippen MR) is 99.3 cm³/mol. The zero-order valence-electron chi connectivity index (χ0n) is 14.8. The maximum absolute atomic E-state index is 11.9. The van der Waals surface area contributed by atoms with E-state index >= 15 is 0 Å². The molecule has 0 fully saturated rings. The number of sulfonamides is 1. The van der Waals surface area contributed by atoms with Gasteiger partial charge in [0, 0.05) is 24.3 Å². The van der Waals surface area contributed by atoms with E-state index in [-0.39, 0.29) is 5.75 Å². The van der Waals surface area contributed by atoms with Gasteiger partial charge in [-0.3, -0.25) is 10.0 Å². The number of amides is 1. The largest absolute Gasteiger partial charge is 0.384 e. The van der Waals surface area contributed by atoms with Gasteiger partial charge in [0.05, 0.1) is 5.75 Å². The van der Waals surface area contributed by atoms with E-state index in [0.29, 0.717) is 25.1 Å². The quantitative estimate of drug-likeness (QED) is 0.242. The fourth-order valence-electron chi connectivity index (χ4n) is 2.36. The number of hydroxylamine groups is 1. The number of benzene rings is 1. The fraction of sp³-hybridized carbons (Fsp3) is 0.588. The lowest BCUT2D eigenvalue weighted by atomic mass is 10.1. The molecule has 0 aliphatic rings. The molecule has 1 rings (SSSR count). The first kappa shape index (κ1) is 21.4. The van der Waals surface area contributed by atoms with Crippen LogP contribution in [0.4, 0.5) is 5.69 Å². The van der Waals surface area contributed by atoms with Crippen molar-refractivity contribution in [2.75, 3.05) is 24.2 Å². The normalized spacial score (nSPS) is 11.3. The van der Waals surface area contributed by atoms with Crippen molar-refractivity contribution in [3.8, 4) is 0 Å². The van der Waals surface area contributed by atoms with Crippen LogP contribution in [-0.2, 0) is 10.0 Å². The average molecular weight is 372 g/mol. The van der Waals surface area contributed by atoms with Crippen molar-refractivity contribution in [3.63, 3.8) is 0 Å². The van der Waals surface area contributed by atoms with Crippen molar-refractivity contribution in [2.24, 2.45) is 0 Å². The van der Waals surface area contributed by atoms with Gasteiger partial charge in [-0.15, -0.1) is 0 Å². The van der Waals surface area contributed by atoms with Crippen molar-refractivity contribution in [3.05, 3.63) is 29.8 Å². The smallest absolute Gasteiger partial charge is 0.274 e. The molecule has 8 heteroatoms. The topological polar surface area (TPSA) is 108 Å². The predicted octanol–water partition coefficient (Wildman–Crippen LogP) is 2.50. The highest BCUT2D eigenvalue weighted by molar-refractivity contribution is 7.89. The lowest BCUT2D eigenvalue weighted by Gasteiger charge is -2.09. The number of hydrogen-bond donors (Lipinski definition) is 4. The Morgan fingerprint density at radius 2 is 1.64 bits per heavy atom. The van der Waals surface area contributed by atoms with Crippen molar-refractivity contribution in [2.45, 2.75) is 45.4 Å². The molecule has 4 N–H and O–H groups in total. The molecule has 0 spiro atoms. The van der Waals surface area contributed by atoms with Crippen LogP contribution in [0.5, 0.6) is 0 Å². The van der Waals surface area contributed by atoms with Crippen LogP contribution in [0.1, 0.15) is 55.8 Å². The minimum Gasteiger partial charge on any atom is -0.384 e. The van der Waals surface area contributed by atoms with Crippen molar-refractivity contribution in [1.29, 1.82) is 0 Å². The Kier molecular flexibility index (Phi) is 10.1. The van der Waals surface area contributed by atoms with Crippen molar-refractivity contribution in [1.82, 2.24) is 10.2 Å². The molecule has 7 nitrogen and oxygen atoms in total. The number of unbranched alkanes of at least 4 members (excludes halogenated alkanes) is 5. The fourth-order valence-corrected chi connectivity index (χ4v) is 3.50. The molecule has 1 amide bonds. The first-order chi connectivity index (χ1) is 12.0. The van der Waals surface area contributed by atoms with Crippen LogP contribution in [0.3, 0.4) is 0 Å². The lowest BCUT2D eigenvalue weighted by molar-refractivity contribution is 0.0706. The second-order valence-electron chi connectivity index (χ2n) is 5.93. The Balaban J connectivity index is 2.20. The number of rotatable bonds is 13. The molecule has 1 aromatic rings. The third-order valence-corrected chi connectivity index (χ3v) is 5.26. The molecule has 0 bridgehead atoms. The molecule has 1 aromatic carbocycles. The molecule has 0 saturated carbocycles. The Bertz CT molecular complexity index is 603. The summed E-state index contributed by atoms with van der Waals surface area (Å²) in [5.41, 5.74) is 2.67. The van der Waals surface area contributed by atoms with E-state index in [2.05, 4.69) is 17.0 Å². The van der Waals surface area contributed by atoms with Crippen LogP contribution in [0.25, 0.3) is 0 Å². The van der Waals surface area contributed by atoms with Gasteiger partial charge in [-0.2, -0.15) is 0 Å². The third kappa shape index (κ3) is 9.42. The number of anilines is 1. The van der Waals surface area contributed by atoms with E-state index in [4.69, 9.17) is 5.21 Å². The summed E-state index contributed by atoms with van der Waals surface area (Å²) in [5, 5.41) is 11.6. The third-order valence-electron chi connectivity index (χ3n) is 3.79. The van der Waals surface area contributed by atoms with Crippen LogP contribution in [0, 0.1) is 0 Å². The Hall–Kier alpha value is -1.64. The van der Waals surface area contributed by atoms with Gasteiger partial charge in [-0.05, 0) is 30.7 Å². The first-order valence-electron chi connectivity index (χ1n) is 8.74. The van der Waals surface area contributed by atoms with Crippen LogP contribution in [0.2, 0.25) is 0 Å². The Morgan fingerprint density at radius 1 is 1.00 bits per heavy atom. The Labute approximate surface area is 150 Å². The summed E-state index contributed by atoms with van der Waals surface area (Å²) >= 11 is 0. The van der Waals surface area contributed by atoms with Crippen molar-refractivity contribution < 1.29 is 18.4 Å². The number of nitrogens with one attached hydrogen (secondary N) is 3. The van der Waals surface area contributed by atoms with E-state index in [1.165, 1.54) is 19.3 Å². The number of hydrogen-bond acceptors (Lipinski definition) is 5. The zero-order valence-corrected chi connectivity index (χ0v) is 15.6. The summed E-state index contributed by atoms with van der Waals surface area (Å²) < 4.78 is 26.3.